The molecule has 33 heavy (non-hydrogen) atoms. The summed E-state index contributed by atoms with van der Waals surface area (Å²) in [6.45, 7) is 3.12. The summed E-state index contributed by atoms with van der Waals surface area (Å²) in [5.74, 6) is -0.470. The molecule has 3 N–H and O–H groups in total. The van der Waals surface area contributed by atoms with Crippen molar-refractivity contribution in [3.05, 3.63) is 94.8 Å². The van der Waals surface area contributed by atoms with Crippen molar-refractivity contribution in [2.24, 2.45) is 10.7 Å². The summed E-state index contributed by atoms with van der Waals surface area (Å²) in [4.78, 5) is 19.1. The van der Waals surface area contributed by atoms with Crippen LogP contribution in [0, 0.1) is 5.82 Å². The van der Waals surface area contributed by atoms with Crippen molar-refractivity contribution < 1.29 is 9.50 Å². The molecule has 1 aliphatic rings. The summed E-state index contributed by atoms with van der Waals surface area (Å²) < 4.78 is 16.4. The molecule has 2 aromatic carbocycles. The number of hydrogen-bond acceptors (Lipinski definition) is 6. The van der Waals surface area contributed by atoms with Gasteiger partial charge in [-0.25, -0.2) is 14.1 Å². The Morgan fingerprint density at radius 3 is 2.58 bits per heavy atom. The normalized spacial score (nSPS) is 16.3. The zero-order valence-corrected chi connectivity index (χ0v) is 18.4. The minimum Gasteiger partial charge on any atom is -0.405 e. The van der Waals surface area contributed by atoms with Crippen LogP contribution in [0.1, 0.15) is 25.5 Å². The molecule has 0 aliphatic carbocycles. The Bertz CT molecular complexity index is 1240. The molecule has 1 aliphatic heterocycles. The molecule has 1 aromatic heterocycles. The molecule has 8 heteroatoms. The van der Waals surface area contributed by atoms with Gasteiger partial charge in [0.2, 0.25) is 5.43 Å². The van der Waals surface area contributed by atoms with Gasteiger partial charge >= 0.3 is 0 Å². The molecule has 1 fully saturated rings. The van der Waals surface area contributed by atoms with E-state index < -0.39 is 11.4 Å². The van der Waals surface area contributed by atoms with Crippen molar-refractivity contribution in [2.75, 3.05) is 18.0 Å². The maximum absolute atomic E-state index is 15.1. The number of para-hydroxylation sites is 1. The number of halogens is 1. The second-order valence-corrected chi connectivity index (χ2v) is 8.28. The maximum Gasteiger partial charge on any atom is 0.209 e. The Kier molecular flexibility index (Phi) is 6.37. The van der Waals surface area contributed by atoms with E-state index in [1.165, 1.54) is 35.3 Å². The molecule has 7 nitrogen and oxygen atoms in total. The first-order valence-corrected chi connectivity index (χ1v) is 10.8. The Morgan fingerprint density at radius 1 is 1.18 bits per heavy atom. The van der Waals surface area contributed by atoms with Gasteiger partial charge in [-0.3, -0.25) is 4.79 Å². The fraction of sp³-hybridized carbons (Fsp3) is 0.240. The fourth-order valence-electron chi connectivity index (χ4n) is 3.75. The third-order valence-corrected chi connectivity index (χ3v) is 5.69. The molecular formula is C25H26FN5O2. The van der Waals surface area contributed by atoms with Crippen LogP contribution in [0.4, 0.5) is 15.8 Å². The van der Waals surface area contributed by atoms with E-state index in [1.54, 1.807) is 18.2 Å². The summed E-state index contributed by atoms with van der Waals surface area (Å²) >= 11 is 0. The van der Waals surface area contributed by atoms with Gasteiger partial charge in [-0.1, -0.05) is 18.2 Å². The number of aromatic nitrogens is 2. The monoisotopic (exact) mass is 447 g/mol. The van der Waals surface area contributed by atoms with E-state index in [4.69, 9.17) is 5.73 Å². The van der Waals surface area contributed by atoms with Crippen LogP contribution in [0.5, 0.6) is 0 Å². The molecule has 2 heterocycles. The van der Waals surface area contributed by atoms with E-state index >= 15 is 4.39 Å². The minimum absolute atomic E-state index is 0.0600. The van der Waals surface area contributed by atoms with Crippen LogP contribution in [0.25, 0.3) is 5.69 Å². The molecule has 0 saturated carbocycles. The highest BCUT2D eigenvalue weighted by Gasteiger charge is 2.27. The van der Waals surface area contributed by atoms with Crippen LogP contribution in [-0.4, -0.2) is 39.3 Å². The summed E-state index contributed by atoms with van der Waals surface area (Å²) in [5, 5.41) is 14.5. The first kappa shape index (κ1) is 22.4. The number of nitrogens with zero attached hydrogens (tertiary/aromatic N) is 4. The standard InChI is InChI=1S/C25H26FN5O2/c1-25(33)11-15-30(16-12-25)19-7-8-22(20(26)17-19)31-14-10-23(32)24(29-31)21(9-13-27)28-18-5-3-2-4-6-18/h2-10,13-14,17,33H,11-12,15-16,27H2,1H3. The van der Waals surface area contributed by atoms with Crippen molar-refractivity contribution >= 4 is 17.1 Å². The van der Waals surface area contributed by atoms with Gasteiger partial charge in [0.1, 0.15) is 5.69 Å². The molecule has 0 radical (unpaired) electrons. The van der Waals surface area contributed by atoms with Gasteiger partial charge in [-0.05, 0) is 62.4 Å². The van der Waals surface area contributed by atoms with Crippen molar-refractivity contribution in [3.8, 4) is 5.69 Å². The van der Waals surface area contributed by atoms with Crippen LogP contribution in [0.2, 0.25) is 0 Å². The first-order chi connectivity index (χ1) is 15.9. The van der Waals surface area contributed by atoms with E-state index in [9.17, 15) is 9.90 Å². The van der Waals surface area contributed by atoms with Gasteiger partial charge in [0.15, 0.2) is 11.5 Å². The molecule has 3 aromatic rings. The van der Waals surface area contributed by atoms with Crippen molar-refractivity contribution in [2.45, 2.75) is 25.4 Å². The van der Waals surface area contributed by atoms with E-state index in [2.05, 4.69) is 10.1 Å². The number of allylic oxidation sites excluding steroid dienone is 1. The number of aliphatic imine (C=N–C) groups is 1. The van der Waals surface area contributed by atoms with E-state index in [0.717, 1.165) is 5.69 Å². The molecular weight excluding hydrogens is 421 g/mol. The molecule has 170 valence electrons. The van der Waals surface area contributed by atoms with Crippen LogP contribution >= 0.6 is 0 Å². The third-order valence-electron chi connectivity index (χ3n) is 5.69. The van der Waals surface area contributed by atoms with Crippen LogP contribution < -0.4 is 16.1 Å². The topological polar surface area (TPSA) is 96.7 Å². The Balaban J connectivity index is 1.67. The average molecular weight is 448 g/mol. The Labute approximate surface area is 191 Å². The molecule has 4 rings (SSSR count). The molecule has 0 atom stereocenters. The summed E-state index contributed by atoms with van der Waals surface area (Å²) in [6.07, 6.45) is 5.45. The van der Waals surface area contributed by atoms with Crippen molar-refractivity contribution in [3.63, 3.8) is 0 Å². The highest BCUT2D eigenvalue weighted by atomic mass is 19.1. The lowest BCUT2D eigenvalue weighted by Gasteiger charge is -2.37. The maximum atomic E-state index is 15.1. The Morgan fingerprint density at radius 2 is 1.91 bits per heavy atom. The third kappa shape index (κ3) is 5.18. The second-order valence-electron chi connectivity index (χ2n) is 8.28. The number of rotatable bonds is 5. The number of piperidine rings is 1. The first-order valence-electron chi connectivity index (χ1n) is 10.8. The molecule has 0 unspecified atom stereocenters. The zero-order valence-electron chi connectivity index (χ0n) is 18.4. The zero-order chi connectivity index (χ0) is 23.4. The average Bonchev–Trinajstić information content (AvgIpc) is 2.80. The van der Waals surface area contributed by atoms with Gasteiger partial charge in [0.25, 0.3) is 0 Å². The predicted molar refractivity (Wildman–Crippen MR) is 128 cm³/mol. The summed E-state index contributed by atoms with van der Waals surface area (Å²) in [7, 11) is 0. The molecule has 0 bridgehead atoms. The highest BCUT2D eigenvalue weighted by Crippen LogP contribution is 2.27. The smallest absolute Gasteiger partial charge is 0.209 e. The number of anilines is 1. The number of aliphatic hydroxyl groups is 1. The second kappa shape index (κ2) is 9.38. The highest BCUT2D eigenvalue weighted by molar-refractivity contribution is 6.08. The van der Waals surface area contributed by atoms with E-state index in [1.807, 2.05) is 36.1 Å². The van der Waals surface area contributed by atoms with E-state index in [0.29, 0.717) is 31.6 Å². The van der Waals surface area contributed by atoms with Gasteiger partial charge in [-0.2, -0.15) is 5.10 Å². The van der Waals surface area contributed by atoms with Crippen molar-refractivity contribution in [1.29, 1.82) is 0 Å². The molecule has 0 spiro atoms. The van der Waals surface area contributed by atoms with Crippen LogP contribution in [0.3, 0.4) is 0 Å². The largest absolute Gasteiger partial charge is 0.405 e. The predicted octanol–water partition coefficient (Wildman–Crippen LogP) is 3.32. The van der Waals surface area contributed by atoms with Gasteiger partial charge < -0.3 is 15.7 Å². The number of benzene rings is 2. The van der Waals surface area contributed by atoms with Crippen molar-refractivity contribution in [1.82, 2.24) is 9.78 Å². The lowest BCUT2D eigenvalue weighted by Crippen LogP contribution is -2.42. The fourth-order valence-corrected chi connectivity index (χ4v) is 3.75. The quantitative estimate of drug-likeness (QED) is 0.585. The number of nitrogens with two attached hydrogens (primary N) is 1. The molecule has 0 amide bonds. The summed E-state index contributed by atoms with van der Waals surface area (Å²) in [5.41, 5.74) is 6.47. The SMILES string of the molecule is CC1(O)CCN(c2ccc(-n3ccc(=O)c(C(C=CN)=Nc4ccccc4)n3)c(F)c2)CC1. The van der Waals surface area contributed by atoms with Gasteiger partial charge in [0, 0.05) is 31.0 Å². The van der Waals surface area contributed by atoms with E-state index in [-0.39, 0.29) is 22.5 Å². The summed E-state index contributed by atoms with van der Waals surface area (Å²) in [6, 6.07) is 15.3. The van der Waals surface area contributed by atoms with Gasteiger partial charge in [-0.15, -0.1) is 0 Å². The van der Waals surface area contributed by atoms with Gasteiger partial charge in [0.05, 0.1) is 17.0 Å². The Hall–Kier alpha value is -3.78. The van der Waals surface area contributed by atoms with Crippen LogP contribution in [-0.2, 0) is 0 Å². The molecule has 1 saturated heterocycles. The number of hydrogen-bond donors (Lipinski definition) is 2. The van der Waals surface area contributed by atoms with Crippen LogP contribution in [0.15, 0.2) is 82.9 Å². The lowest BCUT2D eigenvalue weighted by molar-refractivity contribution is 0.0351. The minimum atomic E-state index is -0.678. The lowest BCUT2D eigenvalue weighted by atomic mass is 9.93.